The van der Waals surface area contributed by atoms with Crippen molar-refractivity contribution in [1.82, 2.24) is 14.9 Å². The highest BCUT2D eigenvalue weighted by Gasteiger charge is 2.19. The molecule has 0 aliphatic carbocycles. The van der Waals surface area contributed by atoms with Crippen molar-refractivity contribution in [2.24, 2.45) is 0 Å². The van der Waals surface area contributed by atoms with E-state index in [4.69, 9.17) is 5.73 Å². The lowest BCUT2D eigenvalue weighted by atomic mass is 10.1. The van der Waals surface area contributed by atoms with Gasteiger partial charge in [0.15, 0.2) is 11.5 Å². The molecule has 120 valence electrons. The number of likely N-dealkylation sites (N-methyl/N-ethyl adjacent to an activating group) is 1. The van der Waals surface area contributed by atoms with Crippen molar-refractivity contribution in [2.45, 2.75) is 13.8 Å². The molecule has 2 aromatic rings. The Bertz CT molecular complexity index is 725. The molecular weight excluding hydrogens is 294 g/mol. The molecule has 1 heterocycles. The van der Waals surface area contributed by atoms with Crippen LogP contribution in [-0.2, 0) is 4.79 Å². The number of aryl methyl sites for hydroxylation is 2. The van der Waals surface area contributed by atoms with Gasteiger partial charge >= 0.3 is 0 Å². The Balaban J connectivity index is 2.05. The van der Waals surface area contributed by atoms with Crippen molar-refractivity contribution >= 4 is 23.3 Å². The Labute approximate surface area is 134 Å². The zero-order valence-corrected chi connectivity index (χ0v) is 13.3. The number of carbonyl (C=O) groups is 2. The van der Waals surface area contributed by atoms with Crippen molar-refractivity contribution in [1.29, 1.82) is 0 Å². The van der Waals surface area contributed by atoms with Gasteiger partial charge in [-0.15, -0.1) is 0 Å². The molecule has 0 spiro atoms. The molecule has 0 saturated carbocycles. The quantitative estimate of drug-likeness (QED) is 0.888. The van der Waals surface area contributed by atoms with E-state index in [1.165, 1.54) is 24.3 Å². The van der Waals surface area contributed by atoms with Crippen LogP contribution < -0.4 is 11.1 Å². The van der Waals surface area contributed by atoms with Gasteiger partial charge in [-0.25, -0.2) is 9.97 Å². The molecule has 7 heteroatoms. The Morgan fingerprint density at radius 1 is 1.17 bits per heavy atom. The van der Waals surface area contributed by atoms with Crippen LogP contribution in [0.5, 0.6) is 0 Å². The van der Waals surface area contributed by atoms with Crippen LogP contribution in [0.15, 0.2) is 30.6 Å². The lowest BCUT2D eigenvalue weighted by molar-refractivity contribution is -0.116. The molecule has 3 N–H and O–H groups in total. The highest BCUT2D eigenvalue weighted by Crippen LogP contribution is 2.19. The van der Waals surface area contributed by atoms with Gasteiger partial charge in [-0.05, 0) is 25.0 Å². The van der Waals surface area contributed by atoms with Crippen molar-refractivity contribution in [3.05, 3.63) is 47.4 Å². The number of hydrogen-bond acceptors (Lipinski definition) is 5. The smallest absolute Gasteiger partial charge is 0.276 e. The summed E-state index contributed by atoms with van der Waals surface area (Å²) in [6, 6.07) is 5.75. The molecule has 1 aromatic carbocycles. The molecule has 0 fully saturated rings. The summed E-state index contributed by atoms with van der Waals surface area (Å²) in [5.41, 5.74) is 8.36. The molecule has 0 aliphatic heterocycles. The fourth-order valence-electron chi connectivity index (χ4n) is 2.17. The van der Waals surface area contributed by atoms with Gasteiger partial charge < -0.3 is 16.0 Å². The summed E-state index contributed by atoms with van der Waals surface area (Å²) in [6.45, 7) is 3.72. The number of rotatable bonds is 4. The van der Waals surface area contributed by atoms with Crippen molar-refractivity contribution < 1.29 is 9.59 Å². The standard InChI is InChI=1S/C16H19N5O2/c1-10-5-4-6-11(2)13(10)20-12(22)9-21(3)16(23)14-15(17)19-8-7-18-14/h4-8H,9H2,1-3H3,(H2,17,19)(H,20,22). The molecule has 23 heavy (non-hydrogen) atoms. The minimum absolute atomic E-state index is 0.0369. The van der Waals surface area contributed by atoms with Crippen LogP contribution in [0.3, 0.4) is 0 Å². The first kappa shape index (κ1) is 16.4. The molecular formula is C16H19N5O2. The van der Waals surface area contributed by atoms with E-state index in [9.17, 15) is 9.59 Å². The lowest BCUT2D eigenvalue weighted by Crippen LogP contribution is -2.36. The van der Waals surface area contributed by atoms with Crippen molar-refractivity contribution in [3.8, 4) is 0 Å². The topological polar surface area (TPSA) is 101 Å². The van der Waals surface area contributed by atoms with Gasteiger partial charge in [-0.1, -0.05) is 18.2 Å². The lowest BCUT2D eigenvalue weighted by Gasteiger charge is -2.18. The molecule has 0 radical (unpaired) electrons. The number of carbonyl (C=O) groups excluding carboxylic acids is 2. The number of para-hydroxylation sites is 1. The van der Waals surface area contributed by atoms with Crippen LogP contribution in [0.25, 0.3) is 0 Å². The number of benzene rings is 1. The first-order valence-electron chi connectivity index (χ1n) is 7.08. The molecule has 0 bridgehead atoms. The summed E-state index contributed by atoms with van der Waals surface area (Å²) >= 11 is 0. The molecule has 2 rings (SSSR count). The Kier molecular flexibility index (Phi) is 4.90. The minimum Gasteiger partial charge on any atom is -0.382 e. The third-order valence-corrected chi connectivity index (χ3v) is 3.40. The summed E-state index contributed by atoms with van der Waals surface area (Å²) in [5.74, 6) is -0.701. The van der Waals surface area contributed by atoms with Gasteiger partial charge in [0.05, 0.1) is 6.54 Å². The maximum absolute atomic E-state index is 12.3. The molecule has 0 saturated heterocycles. The summed E-state index contributed by atoms with van der Waals surface area (Å²) in [4.78, 5) is 33.4. The molecule has 0 unspecified atom stereocenters. The number of anilines is 2. The van der Waals surface area contributed by atoms with Gasteiger partial charge in [-0.2, -0.15) is 0 Å². The second kappa shape index (κ2) is 6.87. The summed E-state index contributed by atoms with van der Waals surface area (Å²) in [7, 11) is 1.51. The predicted octanol–water partition coefficient (Wildman–Crippen LogP) is 1.39. The van der Waals surface area contributed by atoms with Gasteiger partial charge in [0.1, 0.15) is 0 Å². The van der Waals surface area contributed by atoms with Crippen molar-refractivity contribution in [3.63, 3.8) is 0 Å². The van der Waals surface area contributed by atoms with E-state index < -0.39 is 5.91 Å². The number of nitrogens with two attached hydrogens (primary N) is 1. The SMILES string of the molecule is Cc1cccc(C)c1NC(=O)CN(C)C(=O)c1nccnc1N. The summed E-state index contributed by atoms with van der Waals surface area (Å²) < 4.78 is 0. The number of hydrogen-bond donors (Lipinski definition) is 2. The van der Waals surface area contributed by atoms with E-state index in [2.05, 4.69) is 15.3 Å². The molecule has 1 aromatic heterocycles. The van der Waals surface area contributed by atoms with Crippen molar-refractivity contribution in [2.75, 3.05) is 24.6 Å². The van der Waals surface area contributed by atoms with Gasteiger partial charge in [0.2, 0.25) is 5.91 Å². The second-order valence-corrected chi connectivity index (χ2v) is 5.27. The van der Waals surface area contributed by atoms with E-state index in [1.54, 1.807) is 0 Å². The Hall–Kier alpha value is -2.96. The van der Waals surface area contributed by atoms with Crippen LogP contribution in [0.4, 0.5) is 11.5 Å². The van der Waals surface area contributed by atoms with E-state index in [0.717, 1.165) is 16.8 Å². The second-order valence-electron chi connectivity index (χ2n) is 5.27. The van der Waals surface area contributed by atoms with Gasteiger partial charge in [0, 0.05) is 25.1 Å². The Morgan fingerprint density at radius 3 is 2.39 bits per heavy atom. The first-order valence-corrected chi connectivity index (χ1v) is 7.08. The fraction of sp³-hybridized carbons (Fsp3) is 0.250. The number of nitrogens with zero attached hydrogens (tertiary/aromatic N) is 3. The van der Waals surface area contributed by atoms with Crippen LogP contribution >= 0.6 is 0 Å². The van der Waals surface area contributed by atoms with Gasteiger partial charge in [0.25, 0.3) is 5.91 Å². The highest BCUT2D eigenvalue weighted by atomic mass is 16.2. The number of amides is 2. The van der Waals surface area contributed by atoms with Crippen LogP contribution in [0, 0.1) is 13.8 Å². The maximum Gasteiger partial charge on any atom is 0.276 e. The van der Waals surface area contributed by atoms with E-state index >= 15 is 0 Å². The molecule has 0 atom stereocenters. The molecule has 7 nitrogen and oxygen atoms in total. The summed E-state index contributed by atoms with van der Waals surface area (Å²) in [6.07, 6.45) is 2.79. The van der Waals surface area contributed by atoms with E-state index in [0.29, 0.717) is 0 Å². The van der Waals surface area contributed by atoms with Crippen LogP contribution in [0.1, 0.15) is 21.6 Å². The first-order chi connectivity index (χ1) is 10.9. The van der Waals surface area contributed by atoms with Crippen LogP contribution in [0.2, 0.25) is 0 Å². The zero-order valence-electron chi connectivity index (χ0n) is 13.3. The maximum atomic E-state index is 12.3. The highest BCUT2D eigenvalue weighted by molar-refractivity contribution is 6.00. The van der Waals surface area contributed by atoms with Gasteiger partial charge in [-0.3, -0.25) is 9.59 Å². The zero-order chi connectivity index (χ0) is 17.0. The van der Waals surface area contributed by atoms with Crippen LogP contribution in [-0.4, -0.2) is 40.3 Å². The van der Waals surface area contributed by atoms with E-state index in [1.807, 2.05) is 32.0 Å². The number of nitrogen functional groups attached to an aromatic ring is 1. The largest absolute Gasteiger partial charge is 0.382 e. The Morgan fingerprint density at radius 2 is 1.78 bits per heavy atom. The summed E-state index contributed by atoms with van der Waals surface area (Å²) in [5, 5.41) is 2.83. The third kappa shape index (κ3) is 3.82. The normalized spacial score (nSPS) is 10.2. The minimum atomic E-state index is -0.452. The number of aromatic nitrogens is 2. The average molecular weight is 313 g/mol. The molecule has 2 amide bonds. The molecule has 0 aliphatic rings. The number of nitrogens with one attached hydrogen (secondary N) is 1. The fourth-order valence-corrected chi connectivity index (χ4v) is 2.17. The predicted molar refractivity (Wildman–Crippen MR) is 88.0 cm³/mol. The monoisotopic (exact) mass is 313 g/mol. The third-order valence-electron chi connectivity index (χ3n) is 3.40. The van der Waals surface area contributed by atoms with E-state index in [-0.39, 0.29) is 24.0 Å². The average Bonchev–Trinajstić information content (AvgIpc) is 2.51.